The fourth-order valence-electron chi connectivity index (χ4n) is 1.34. The quantitative estimate of drug-likeness (QED) is 0.540. The number of nitrogens with one attached hydrogen (secondary N) is 1. The summed E-state index contributed by atoms with van der Waals surface area (Å²) in [7, 11) is 0. The molecule has 5 nitrogen and oxygen atoms in total. The second-order valence-corrected chi connectivity index (χ2v) is 3.21. The van der Waals surface area contributed by atoms with Crippen molar-refractivity contribution in [3.63, 3.8) is 0 Å². The molecule has 0 radical (unpaired) electrons. The number of carbonyl (C=O) groups excluding carboxylic acids is 1. The number of urea groups is 1. The molecular weight excluding hydrogens is 172 g/mol. The van der Waals surface area contributed by atoms with Crippen LogP contribution in [0.2, 0.25) is 0 Å². The maximum atomic E-state index is 11.4. The minimum Gasteiger partial charge on any atom is -0.394 e. The largest absolute Gasteiger partial charge is 0.394 e. The molecule has 1 aliphatic rings. The van der Waals surface area contributed by atoms with Crippen LogP contribution in [0, 0.1) is 0 Å². The number of aliphatic hydroxyl groups excluding tert-OH is 2. The van der Waals surface area contributed by atoms with Gasteiger partial charge in [0.15, 0.2) is 0 Å². The van der Waals surface area contributed by atoms with E-state index in [2.05, 4.69) is 5.32 Å². The first-order chi connectivity index (χ1) is 6.27. The van der Waals surface area contributed by atoms with E-state index in [0.29, 0.717) is 0 Å². The Labute approximate surface area is 77.3 Å². The number of nitrogens with zero attached hydrogens (tertiary/aromatic N) is 1. The van der Waals surface area contributed by atoms with Crippen molar-refractivity contribution in [3.05, 3.63) is 0 Å². The Hall–Kier alpha value is -0.810. The maximum Gasteiger partial charge on any atom is 0.317 e. The first-order valence-electron chi connectivity index (χ1n) is 4.55. The predicted molar refractivity (Wildman–Crippen MR) is 47.3 cm³/mol. The van der Waals surface area contributed by atoms with Crippen LogP contribution < -0.4 is 5.32 Å². The van der Waals surface area contributed by atoms with Gasteiger partial charge in [-0.25, -0.2) is 4.79 Å². The Morgan fingerprint density at radius 2 is 1.85 bits per heavy atom. The Morgan fingerprint density at radius 1 is 1.31 bits per heavy atom. The first kappa shape index (κ1) is 10.3. The molecular formula is C8H16N2O3. The van der Waals surface area contributed by atoms with Crippen molar-refractivity contribution in [2.75, 3.05) is 26.3 Å². The molecule has 76 valence electrons. The molecule has 0 saturated carbocycles. The summed E-state index contributed by atoms with van der Waals surface area (Å²) in [6.07, 6.45) is 2.08. The van der Waals surface area contributed by atoms with Gasteiger partial charge in [0, 0.05) is 13.1 Å². The lowest BCUT2D eigenvalue weighted by molar-refractivity contribution is 0.157. The summed E-state index contributed by atoms with van der Waals surface area (Å²) in [4.78, 5) is 13.1. The summed E-state index contributed by atoms with van der Waals surface area (Å²) in [6, 6.07) is -0.723. The molecule has 0 aromatic rings. The average molecular weight is 188 g/mol. The SMILES string of the molecule is O=C(NC(CO)CO)N1CCCC1. The van der Waals surface area contributed by atoms with E-state index in [1.807, 2.05) is 0 Å². The van der Waals surface area contributed by atoms with Crippen molar-refractivity contribution in [1.29, 1.82) is 0 Å². The van der Waals surface area contributed by atoms with Crippen molar-refractivity contribution in [3.8, 4) is 0 Å². The third-order valence-corrected chi connectivity index (χ3v) is 2.16. The van der Waals surface area contributed by atoms with Crippen LogP contribution in [0.3, 0.4) is 0 Å². The van der Waals surface area contributed by atoms with Gasteiger partial charge in [0.1, 0.15) is 0 Å². The number of carbonyl (C=O) groups is 1. The number of hydrogen-bond donors (Lipinski definition) is 3. The third-order valence-electron chi connectivity index (χ3n) is 2.16. The van der Waals surface area contributed by atoms with Gasteiger partial charge in [0.05, 0.1) is 19.3 Å². The fraction of sp³-hybridized carbons (Fsp3) is 0.875. The van der Waals surface area contributed by atoms with Crippen molar-refractivity contribution in [2.45, 2.75) is 18.9 Å². The maximum absolute atomic E-state index is 11.4. The monoisotopic (exact) mass is 188 g/mol. The number of amides is 2. The van der Waals surface area contributed by atoms with Crippen molar-refractivity contribution < 1.29 is 15.0 Å². The molecule has 0 spiro atoms. The molecule has 1 aliphatic heterocycles. The summed E-state index contributed by atoms with van der Waals surface area (Å²) in [5, 5.41) is 20.0. The molecule has 0 atom stereocenters. The van der Waals surface area contributed by atoms with Crippen LogP contribution in [0.1, 0.15) is 12.8 Å². The van der Waals surface area contributed by atoms with E-state index in [-0.39, 0.29) is 19.2 Å². The topological polar surface area (TPSA) is 72.8 Å². The van der Waals surface area contributed by atoms with Gasteiger partial charge in [-0.1, -0.05) is 0 Å². The minimum atomic E-state index is -0.534. The highest BCUT2D eigenvalue weighted by Crippen LogP contribution is 2.06. The molecule has 1 saturated heterocycles. The van der Waals surface area contributed by atoms with Crippen LogP contribution in [-0.4, -0.2) is 53.5 Å². The molecule has 1 heterocycles. The van der Waals surface area contributed by atoms with E-state index in [4.69, 9.17) is 10.2 Å². The second kappa shape index (κ2) is 5.04. The van der Waals surface area contributed by atoms with Gasteiger partial charge in [0.25, 0.3) is 0 Å². The Kier molecular flexibility index (Phi) is 3.98. The summed E-state index contributed by atoms with van der Waals surface area (Å²) in [6.45, 7) is 1.09. The van der Waals surface area contributed by atoms with Gasteiger partial charge in [-0.15, -0.1) is 0 Å². The molecule has 1 fully saturated rings. The molecule has 0 aromatic carbocycles. The molecule has 0 unspecified atom stereocenters. The van der Waals surface area contributed by atoms with Crippen LogP contribution in [0.4, 0.5) is 4.79 Å². The standard InChI is InChI=1S/C8H16N2O3/c11-5-7(6-12)9-8(13)10-3-1-2-4-10/h7,11-12H,1-6H2,(H,9,13). The predicted octanol–water partition coefficient (Wildman–Crippen LogP) is -0.855. The minimum absolute atomic E-state index is 0.189. The molecule has 2 amide bonds. The van der Waals surface area contributed by atoms with Crippen LogP contribution in [0.5, 0.6) is 0 Å². The van der Waals surface area contributed by atoms with E-state index < -0.39 is 6.04 Å². The molecule has 5 heteroatoms. The van der Waals surface area contributed by atoms with Crippen LogP contribution in [0.15, 0.2) is 0 Å². The highest BCUT2D eigenvalue weighted by Gasteiger charge is 2.19. The Balaban J connectivity index is 2.30. The van der Waals surface area contributed by atoms with Gasteiger partial charge >= 0.3 is 6.03 Å². The first-order valence-corrected chi connectivity index (χ1v) is 4.55. The number of rotatable bonds is 3. The summed E-state index contributed by atoms with van der Waals surface area (Å²) in [5.41, 5.74) is 0. The van der Waals surface area contributed by atoms with E-state index >= 15 is 0 Å². The summed E-state index contributed by atoms with van der Waals surface area (Å²) < 4.78 is 0. The van der Waals surface area contributed by atoms with Gasteiger partial charge in [-0.05, 0) is 12.8 Å². The average Bonchev–Trinajstić information content (AvgIpc) is 2.66. The second-order valence-electron chi connectivity index (χ2n) is 3.21. The zero-order valence-corrected chi connectivity index (χ0v) is 7.57. The smallest absolute Gasteiger partial charge is 0.317 e. The molecule has 3 N–H and O–H groups in total. The van der Waals surface area contributed by atoms with E-state index in [1.54, 1.807) is 4.90 Å². The summed E-state index contributed by atoms with van der Waals surface area (Å²) in [5.74, 6) is 0. The Morgan fingerprint density at radius 3 is 2.31 bits per heavy atom. The lowest BCUT2D eigenvalue weighted by atomic mass is 10.3. The van der Waals surface area contributed by atoms with Gasteiger partial charge in [0.2, 0.25) is 0 Å². The fourth-order valence-corrected chi connectivity index (χ4v) is 1.34. The number of aliphatic hydroxyl groups is 2. The van der Waals surface area contributed by atoms with Gasteiger partial charge in [-0.3, -0.25) is 0 Å². The highest BCUT2D eigenvalue weighted by atomic mass is 16.3. The molecule has 0 bridgehead atoms. The zero-order valence-electron chi connectivity index (χ0n) is 7.57. The van der Waals surface area contributed by atoms with Crippen LogP contribution >= 0.6 is 0 Å². The van der Waals surface area contributed by atoms with Gasteiger partial charge < -0.3 is 20.4 Å². The third kappa shape index (κ3) is 2.86. The van der Waals surface area contributed by atoms with Crippen molar-refractivity contribution in [2.24, 2.45) is 0 Å². The zero-order chi connectivity index (χ0) is 9.68. The molecule has 1 rings (SSSR count). The normalized spacial score (nSPS) is 16.7. The van der Waals surface area contributed by atoms with E-state index in [1.165, 1.54) is 0 Å². The van der Waals surface area contributed by atoms with Crippen molar-refractivity contribution >= 4 is 6.03 Å². The number of likely N-dealkylation sites (tertiary alicyclic amines) is 1. The summed E-state index contributed by atoms with van der Waals surface area (Å²) >= 11 is 0. The van der Waals surface area contributed by atoms with Gasteiger partial charge in [-0.2, -0.15) is 0 Å². The van der Waals surface area contributed by atoms with Crippen LogP contribution in [-0.2, 0) is 0 Å². The number of hydrogen-bond acceptors (Lipinski definition) is 3. The lowest BCUT2D eigenvalue weighted by Gasteiger charge is -2.20. The molecule has 0 aromatic heterocycles. The highest BCUT2D eigenvalue weighted by molar-refractivity contribution is 5.74. The van der Waals surface area contributed by atoms with E-state index in [0.717, 1.165) is 25.9 Å². The Bertz CT molecular complexity index is 165. The lowest BCUT2D eigenvalue weighted by Crippen LogP contribution is -2.46. The van der Waals surface area contributed by atoms with E-state index in [9.17, 15) is 4.79 Å². The van der Waals surface area contributed by atoms with Crippen LogP contribution in [0.25, 0.3) is 0 Å². The molecule has 0 aliphatic carbocycles. The molecule has 13 heavy (non-hydrogen) atoms. The van der Waals surface area contributed by atoms with Crippen molar-refractivity contribution in [1.82, 2.24) is 10.2 Å².